The number of carbonyl (C=O) groups is 1. The van der Waals surface area contributed by atoms with Crippen LogP contribution in [0.1, 0.15) is 5.56 Å². The Morgan fingerprint density at radius 3 is 2.63 bits per heavy atom. The Labute approximate surface area is 117 Å². The van der Waals surface area contributed by atoms with E-state index in [1.165, 1.54) is 0 Å². The van der Waals surface area contributed by atoms with E-state index in [1.807, 2.05) is 54.6 Å². The number of hydrogen-bond donors (Lipinski definition) is 0. The van der Waals surface area contributed by atoms with Crippen LogP contribution in [0.4, 0.5) is 0 Å². The summed E-state index contributed by atoms with van der Waals surface area (Å²) in [6.45, 7) is 0. The Morgan fingerprint density at radius 1 is 1.11 bits per heavy atom. The SMILES string of the molecule is COc1cccc(SCC(=O)Cc2ccccc2)c1. The van der Waals surface area contributed by atoms with E-state index in [-0.39, 0.29) is 5.78 Å². The molecule has 2 aromatic rings. The summed E-state index contributed by atoms with van der Waals surface area (Å²) >= 11 is 1.55. The van der Waals surface area contributed by atoms with E-state index < -0.39 is 0 Å². The van der Waals surface area contributed by atoms with E-state index in [0.717, 1.165) is 16.2 Å². The van der Waals surface area contributed by atoms with Crippen molar-refractivity contribution in [3.63, 3.8) is 0 Å². The Hall–Kier alpha value is -1.74. The van der Waals surface area contributed by atoms with E-state index in [0.29, 0.717) is 12.2 Å². The smallest absolute Gasteiger partial charge is 0.147 e. The van der Waals surface area contributed by atoms with Crippen LogP contribution in [0.15, 0.2) is 59.5 Å². The second-order valence-corrected chi connectivity index (χ2v) is 5.22. The molecule has 0 aromatic heterocycles. The molecule has 2 aromatic carbocycles. The van der Waals surface area contributed by atoms with Gasteiger partial charge in [0.05, 0.1) is 12.9 Å². The van der Waals surface area contributed by atoms with Gasteiger partial charge in [-0.05, 0) is 23.8 Å². The number of Topliss-reactive ketones (excluding diaryl/α,β-unsaturated/α-hetero) is 1. The Morgan fingerprint density at radius 2 is 1.89 bits per heavy atom. The van der Waals surface area contributed by atoms with Crippen molar-refractivity contribution in [3.05, 3.63) is 60.2 Å². The zero-order valence-electron chi connectivity index (χ0n) is 10.8. The number of hydrogen-bond acceptors (Lipinski definition) is 3. The van der Waals surface area contributed by atoms with Crippen LogP contribution in [-0.2, 0) is 11.2 Å². The lowest BCUT2D eigenvalue weighted by Crippen LogP contribution is -2.05. The number of ketones is 1. The van der Waals surface area contributed by atoms with Crippen molar-refractivity contribution in [2.24, 2.45) is 0 Å². The first kappa shape index (κ1) is 13.7. The van der Waals surface area contributed by atoms with Crippen molar-refractivity contribution in [2.45, 2.75) is 11.3 Å². The minimum atomic E-state index is 0.235. The van der Waals surface area contributed by atoms with Crippen molar-refractivity contribution in [2.75, 3.05) is 12.9 Å². The summed E-state index contributed by atoms with van der Waals surface area (Å²) in [4.78, 5) is 12.9. The first-order valence-electron chi connectivity index (χ1n) is 6.10. The summed E-state index contributed by atoms with van der Waals surface area (Å²) < 4.78 is 5.16. The van der Waals surface area contributed by atoms with E-state index in [1.54, 1.807) is 18.9 Å². The van der Waals surface area contributed by atoms with Crippen LogP contribution in [0.25, 0.3) is 0 Å². The molecule has 0 N–H and O–H groups in total. The lowest BCUT2D eigenvalue weighted by Gasteiger charge is -2.04. The average Bonchev–Trinajstić information content (AvgIpc) is 2.46. The van der Waals surface area contributed by atoms with Gasteiger partial charge in [-0.1, -0.05) is 36.4 Å². The van der Waals surface area contributed by atoms with Crippen LogP contribution < -0.4 is 4.74 Å². The van der Waals surface area contributed by atoms with Crippen LogP contribution in [0.2, 0.25) is 0 Å². The molecule has 0 amide bonds. The number of ether oxygens (including phenoxy) is 1. The highest BCUT2D eigenvalue weighted by Gasteiger charge is 2.05. The minimum absolute atomic E-state index is 0.235. The molecule has 0 saturated heterocycles. The van der Waals surface area contributed by atoms with E-state index in [9.17, 15) is 4.79 Å². The normalized spacial score (nSPS) is 10.2. The highest BCUT2D eigenvalue weighted by atomic mass is 32.2. The third-order valence-corrected chi connectivity index (χ3v) is 3.74. The van der Waals surface area contributed by atoms with Crippen LogP contribution in [0.5, 0.6) is 5.75 Å². The van der Waals surface area contributed by atoms with Crippen molar-refractivity contribution in [3.8, 4) is 5.75 Å². The van der Waals surface area contributed by atoms with Crippen LogP contribution >= 0.6 is 11.8 Å². The molecule has 0 aliphatic rings. The fourth-order valence-corrected chi connectivity index (χ4v) is 2.53. The van der Waals surface area contributed by atoms with Crippen LogP contribution in [0.3, 0.4) is 0 Å². The summed E-state index contributed by atoms with van der Waals surface area (Å²) in [6, 6.07) is 17.6. The molecule has 0 saturated carbocycles. The predicted octanol–water partition coefficient (Wildman–Crippen LogP) is 3.60. The van der Waals surface area contributed by atoms with Gasteiger partial charge in [0, 0.05) is 11.3 Å². The van der Waals surface area contributed by atoms with Crippen LogP contribution in [0, 0.1) is 0 Å². The molecule has 0 fully saturated rings. The van der Waals surface area contributed by atoms with E-state index >= 15 is 0 Å². The standard InChI is InChI=1S/C16H16O2S/c1-18-15-8-5-9-16(11-15)19-12-14(17)10-13-6-3-2-4-7-13/h2-9,11H,10,12H2,1H3. The Balaban J connectivity index is 1.86. The van der Waals surface area contributed by atoms with Gasteiger partial charge >= 0.3 is 0 Å². The highest BCUT2D eigenvalue weighted by Crippen LogP contribution is 2.23. The quantitative estimate of drug-likeness (QED) is 0.752. The second kappa shape index (κ2) is 7.00. The number of rotatable bonds is 6. The highest BCUT2D eigenvalue weighted by molar-refractivity contribution is 8.00. The van der Waals surface area contributed by atoms with Gasteiger partial charge in [0.25, 0.3) is 0 Å². The molecule has 98 valence electrons. The van der Waals surface area contributed by atoms with Crippen molar-refractivity contribution < 1.29 is 9.53 Å². The van der Waals surface area contributed by atoms with Crippen molar-refractivity contribution in [1.29, 1.82) is 0 Å². The van der Waals surface area contributed by atoms with Crippen molar-refractivity contribution in [1.82, 2.24) is 0 Å². The molecule has 0 aliphatic heterocycles. The molecule has 19 heavy (non-hydrogen) atoms. The van der Waals surface area contributed by atoms with Gasteiger partial charge in [-0.2, -0.15) is 0 Å². The maximum Gasteiger partial charge on any atom is 0.147 e. The molecule has 2 rings (SSSR count). The molecule has 0 unspecified atom stereocenters. The Bertz CT molecular complexity index is 537. The zero-order valence-corrected chi connectivity index (χ0v) is 11.7. The summed E-state index contributed by atoms with van der Waals surface area (Å²) in [7, 11) is 1.64. The predicted molar refractivity (Wildman–Crippen MR) is 78.9 cm³/mol. The molecule has 3 heteroatoms. The number of carbonyl (C=O) groups excluding carboxylic acids is 1. The van der Waals surface area contributed by atoms with Gasteiger partial charge in [-0.3, -0.25) is 4.79 Å². The van der Waals surface area contributed by atoms with Gasteiger partial charge in [0.2, 0.25) is 0 Å². The molecular weight excluding hydrogens is 256 g/mol. The minimum Gasteiger partial charge on any atom is -0.497 e. The lowest BCUT2D eigenvalue weighted by molar-refractivity contribution is -0.116. The average molecular weight is 272 g/mol. The first-order chi connectivity index (χ1) is 9.28. The largest absolute Gasteiger partial charge is 0.497 e. The van der Waals surface area contributed by atoms with Gasteiger partial charge in [-0.15, -0.1) is 11.8 Å². The summed E-state index contributed by atoms with van der Waals surface area (Å²) in [5.74, 6) is 1.54. The maximum atomic E-state index is 11.9. The molecule has 0 aliphatic carbocycles. The summed E-state index contributed by atoms with van der Waals surface area (Å²) in [5.41, 5.74) is 1.07. The topological polar surface area (TPSA) is 26.3 Å². The third-order valence-electron chi connectivity index (χ3n) is 2.69. The Kier molecular flexibility index (Phi) is 5.04. The summed E-state index contributed by atoms with van der Waals surface area (Å²) in [5, 5.41) is 0. The molecular formula is C16H16O2S. The second-order valence-electron chi connectivity index (χ2n) is 4.17. The fourth-order valence-electron chi connectivity index (χ4n) is 1.73. The first-order valence-corrected chi connectivity index (χ1v) is 7.09. The lowest BCUT2D eigenvalue weighted by atomic mass is 10.1. The molecule has 2 nitrogen and oxygen atoms in total. The number of thioether (sulfide) groups is 1. The van der Waals surface area contributed by atoms with E-state index in [4.69, 9.17) is 4.74 Å². The number of methoxy groups -OCH3 is 1. The van der Waals surface area contributed by atoms with Gasteiger partial charge in [-0.25, -0.2) is 0 Å². The van der Waals surface area contributed by atoms with Gasteiger partial charge < -0.3 is 4.74 Å². The maximum absolute atomic E-state index is 11.9. The zero-order chi connectivity index (χ0) is 13.5. The summed E-state index contributed by atoms with van der Waals surface area (Å²) in [6.07, 6.45) is 0.498. The third kappa shape index (κ3) is 4.45. The molecule has 0 bridgehead atoms. The molecule has 0 atom stereocenters. The van der Waals surface area contributed by atoms with Gasteiger partial charge in [0.1, 0.15) is 11.5 Å². The number of benzene rings is 2. The molecule has 0 spiro atoms. The van der Waals surface area contributed by atoms with E-state index in [2.05, 4.69) is 0 Å². The molecule has 0 heterocycles. The fraction of sp³-hybridized carbons (Fsp3) is 0.188. The monoisotopic (exact) mass is 272 g/mol. The molecule has 0 radical (unpaired) electrons. The van der Waals surface area contributed by atoms with Crippen molar-refractivity contribution >= 4 is 17.5 Å². The van der Waals surface area contributed by atoms with Crippen LogP contribution in [-0.4, -0.2) is 18.6 Å². The van der Waals surface area contributed by atoms with Gasteiger partial charge in [0.15, 0.2) is 0 Å².